The van der Waals surface area contributed by atoms with Crippen molar-refractivity contribution in [3.63, 3.8) is 0 Å². The first-order valence-corrected chi connectivity index (χ1v) is 10.0. The van der Waals surface area contributed by atoms with Gasteiger partial charge in [-0.1, -0.05) is 23.7 Å². The van der Waals surface area contributed by atoms with Crippen LogP contribution in [0.25, 0.3) is 5.69 Å². The molecule has 0 aliphatic carbocycles. The maximum absolute atomic E-state index is 13.0. The predicted octanol–water partition coefficient (Wildman–Crippen LogP) is 3.96. The van der Waals surface area contributed by atoms with E-state index < -0.39 is 17.8 Å². The molecule has 0 saturated heterocycles. The average molecular weight is 450 g/mol. The minimum absolute atomic E-state index is 0.0652. The van der Waals surface area contributed by atoms with Gasteiger partial charge in [0, 0.05) is 18.5 Å². The van der Waals surface area contributed by atoms with Gasteiger partial charge in [-0.2, -0.15) is 18.3 Å². The van der Waals surface area contributed by atoms with Gasteiger partial charge in [0.2, 0.25) is 0 Å². The first kappa shape index (κ1) is 23.0. The number of halogens is 4. The number of hydrogen-bond acceptors (Lipinski definition) is 6. The molecule has 0 aliphatic rings. The van der Waals surface area contributed by atoms with Crippen LogP contribution in [0.4, 0.5) is 18.9 Å². The van der Waals surface area contributed by atoms with Crippen LogP contribution in [0.15, 0.2) is 35.9 Å². The highest BCUT2D eigenvalue weighted by Crippen LogP contribution is 2.27. The number of nitrogens with zero attached hydrogens (tertiary/aromatic N) is 5. The van der Waals surface area contributed by atoms with Crippen molar-refractivity contribution in [2.45, 2.75) is 19.5 Å². The van der Waals surface area contributed by atoms with Gasteiger partial charge in [-0.3, -0.25) is 9.78 Å². The third-order valence-corrected chi connectivity index (χ3v) is 4.78. The fraction of sp³-hybridized carbons (Fsp3) is 0.412. The second-order valence-corrected chi connectivity index (χ2v) is 7.09. The molecule has 2 aromatic rings. The molecule has 2 rings (SSSR count). The largest absolute Gasteiger partial charge is 0.399 e. The van der Waals surface area contributed by atoms with E-state index in [1.165, 1.54) is 16.7 Å². The summed E-state index contributed by atoms with van der Waals surface area (Å²) in [6, 6.07) is 3.48. The predicted molar refractivity (Wildman–Crippen MR) is 107 cm³/mol. The number of oxime groups is 1. The van der Waals surface area contributed by atoms with Crippen LogP contribution >= 0.6 is 23.4 Å². The van der Waals surface area contributed by atoms with Crippen molar-refractivity contribution >= 4 is 40.7 Å². The molecule has 7 nitrogen and oxygen atoms in total. The van der Waals surface area contributed by atoms with Crippen molar-refractivity contribution < 1.29 is 22.8 Å². The smallest absolute Gasteiger partial charge is 0.397 e. The van der Waals surface area contributed by atoms with Crippen molar-refractivity contribution in [2.75, 3.05) is 30.1 Å². The van der Waals surface area contributed by atoms with Crippen molar-refractivity contribution in [1.29, 1.82) is 0 Å². The Hall–Kier alpha value is -2.27. The second kappa shape index (κ2) is 10.5. The van der Waals surface area contributed by atoms with Crippen LogP contribution in [0.5, 0.6) is 0 Å². The van der Waals surface area contributed by atoms with Crippen LogP contribution in [0.2, 0.25) is 5.15 Å². The van der Waals surface area contributed by atoms with E-state index in [1.54, 1.807) is 30.7 Å². The number of thioether (sulfide) groups is 1. The highest BCUT2D eigenvalue weighted by atomic mass is 35.5. The summed E-state index contributed by atoms with van der Waals surface area (Å²) in [6.07, 6.45) is 0.971. The van der Waals surface area contributed by atoms with Crippen LogP contribution in [0.3, 0.4) is 0 Å². The lowest BCUT2D eigenvalue weighted by atomic mass is 10.3. The number of anilines is 1. The molecule has 29 heavy (non-hydrogen) atoms. The van der Waals surface area contributed by atoms with Crippen LogP contribution < -0.4 is 4.90 Å². The highest BCUT2D eigenvalue weighted by molar-refractivity contribution is 8.00. The van der Waals surface area contributed by atoms with Gasteiger partial charge in [-0.25, -0.2) is 4.68 Å². The molecular weight excluding hydrogens is 431 g/mol. The van der Waals surface area contributed by atoms with Gasteiger partial charge >= 0.3 is 6.18 Å². The molecule has 12 heteroatoms. The molecule has 1 amide bonds. The van der Waals surface area contributed by atoms with E-state index in [9.17, 15) is 18.0 Å². The Morgan fingerprint density at radius 1 is 1.45 bits per heavy atom. The van der Waals surface area contributed by atoms with Crippen molar-refractivity contribution in [1.82, 2.24) is 14.8 Å². The molecule has 0 aromatic carbocycles. The van der Waals surface area contributed by atoms with Gasteiger partial charge in [0.25, 0.3) is 5.91 Å². The molecule has 0 unspecified atom stereocenters. The van der Waals surface area contributed by atoms with Crippen molar-refractivity contribution in [2.24, 2.45) is 5.16 Å². The summed E-state index contributed by atoms with van der Waals surface area (Å²) >= 11 is 6.77. The van der Waals surface area contributed by atoms with Gasteiger partial charge in [-0.15, -0.1) is 11.8 Å². The third kappa shape index (κ3) is 6.64. The quantitative estimate of drug-likeness (QED) is 0.428. The van der Waals surface area contributed by atoms with Crippen LogP contribution in [-0.2, 0) is 9.63 Å². The average Bonchev–Trinajstić information content (AvgIpc) is 3.06. The molecule has 0 atom stereocenters. The molecular formula is C17H19ClF3N5O2S. The molecule has 0 radical (unpaired) electrons. The van der Waals surface area contributed by atoms with E-state index >= 15 is 0 Å². The summed E-state index contributed by atoms with van der Waals surface area (Å²) in [5.74, 6) is -1.96. The van der Waals surface area contributed by atoms with Crippen molar-refractivity contribution in [3.8, 4) is 5.69 Å². The number of alkyl halides is 3. The summed E-state index contributed by atoms with van der Waals surface area (Å²) in [5.41, 5.74) is 0.795. The van der Waals surface area contributed by atoms with Crippen molar-refractivity contribution in [3.05, 3.63) is 35.9 Å². The standard InChI is InChI=1S/C17H19ClF3N5O2S/c1-3-7-25(16(27)13(24-28-2)10-29-11-17(19,20)21)14-9-26(23-15(14)18)12-5-4-6-22-8-12/h4-6,8-9H,3,7,10-11H2,1-2H3. The Labute approximate surface area is 174 Å². The zero-order chi connectivity index (χ0) is 21.4. The Morgan fingerprint density at radius 2 is 2.21 bits per heavy atom. The number of carbonyl (C=O) groups is 1. The normalized spacial score (nSPS) is 12.1. The monoisotopic (exact) mass is 449 g/mol. The number of amides is 1. The zero-order valence-electron chi connectivity index (χ0n) is 15.7. The Morgan fingerprint density at radius 3 is 2.79 bits per heavy atom. The van der Waals surface area contributed by atoms with E-state index in [-0.39, 0.29) is 23.2 Å². The lowest BCUT2D eigenvalue weighted by Crippen LogP contribution is -2.38. The number of rotatable bonds is 9. The van der Waals surface area contributed by atoms with Gasteiger partial charge in [0.15, 0.2) is 10.9 Å². The Bertz CT molecular complexity index is 845. The topological polar surface area (TPSA) is 72.6 Å². The van der Waals surface area contributed by atoms with Gasteiger partial charge < -0.3 is 9.74 Å². The lowest BCUT2D eigenvalue weighted by Gasteiger charge is -2.21. The van der Waals surface area contributed by atoms with E-state index in [0.29, 0.717) is 29.6 Å². The van der Waals surface area contributed by atoms with E-state index in [2.05, 4.69) is 20.1 Å². The molecule has 0 N–H and O–H groups in total. The zero-order valence-corrected chi connectivity index (χ0v) is 17.3. The number of hydrogen-bond donors (Lipinski definition) is 0. The number of carbonyl (C=O) groups excluding carboxylic acids is 1. The number of pyridine rings is 1. The molecule has 0 aliphatic heterocycles. The summed E-state index contributed by atoms with van der Waals surface area (Å²) in [5, 5.41) is 7.88. The Kier molecular flexibility index (Phi) is 8.32. The summed E-state index contributed by atoms with van der Waals surface area (Å²) in [4.78, 5) is 23.0. The minimum atomic E-state index is -4.34. The highest BCUT2D eigenvalue weighted by Gasteiger charge is 2.30. The van der Waals surface area contributed by atoms with Crippen LogP contribution in [0.1, 0.15) is 13.3 Å². The molecule has 0 bridgehead atoms. The third-order valence-electron chi connectivity index (χ3n) is 3.50. The summed E-state index contributed by atoms with van der Waals surface area (Å²) < 4.78 is 38.8. The molecule has 0 fully saturated rings. The first-order valence-electron chi connectivity index (χ1n) is 8.48. The SMILES string of the molecule is CCCN(C(=O)C(CSCC(F)(F)F)=NOC)c1cn(-c2cccnc2)nc1Cl. The van der Waals surface area contributed by atoms with Gasteiger partial charge in [0.05, 0.1) is 23.8 Å². The first-order chi connectivity index (χ1) is 13.8. The van der Waals surface area contributed by atoms with Gasteiger partial charge in [-0.05, 0) is 18.6 Å². The molecule has 2 aromatic heterocycles. The lowest BCUT2D eigenvalue weighted by molar-refractivity contribution is -0.112. The maximum Gasteiger partial charge on any atom is 0.397 e. The number of aromatic nitrogens is 3. The molecule has 158 valence electrons. The maximum atomic E-state index is 13.0. The van der Waals surface area contributed by atoms with Crippen LogP contribution in [0, 0.1) is 0 Å². The molecule has 2 heterocycles. The minimum Gasteiger partial charge on any atom is -0.399 e. The van der Waals surface area contributed by atoms with Gasteiger partial charge in [0.1, 0.15) is 12.8 Å². The molecule has 0 saturated carbocycles. The van der Waals surface area contributed by atoms with E-state index in [0.717, 1.165) is 0 Å². The Balaban J connectivity index is 2.28. The summed E-state index contributed by atoms with van der Waals surface area (Å²) in [6.45, 7) is 2.12. The van der Waals surface area contributed by atoms with E-state index in [4.69, 9.17) is 11.6 Å². The fourth-order valence-electron chi connectivity index (χ4n) is 2.36. The van der Waals surface area contributed by atoms with Crippen LogP contribution in [-0.4, -0.2) is 57.7 Å². The summed E-state index contributed by atoms with van der Waals surface area (Å²) in [7, 11) is 1.22. The fourth-order valence-corrected chi connectivity index (χ4v) is 3.29. The van der Waals surface area contributed by atoms with E-state index in [1.807, 2.05) is 6.92 Å². The second-order valence-electron chi connectivity index (χ2n) is 5.75. The molecule has 0 spiro atoms.